The SMILES string of the molecule is CSCCC(NC(=O)C(N)CS)C(=O)NC(Cc1ccccc1)C(=O)O. The van der Waals surface area contributed by atoms with Crippen LogP contribution in [-0.4, -0.2) is 58.8 Å². The number of hydrogen-bond acceptors (Lipinski definition) is 6. The van der Waals surface area contributed by atoms with Crippen LogP contribution in [-0.2, 0) is 20.8 Å². The minimum Gasteiger partial charge on any atom is -0.480 e. The van der Waals surface area contributed by atoms with Crippen molar-refractivity contribution in [1.29, 1.82) is 0 Å². The highest BCUT2D eigenvalue weighted by molar-refractivity contribution is 7.98. The molecule has 0 aliphatic rings. The predicted molar refractivity (Wildman–Crippen MR) is 106 cm³/mol. The number of rotatable bonds is 11. The first-order chi connectivity index (χ1) is 12.4. The monoisotopic (exact) mass is 399 g/mol. The summed E-state index contributed by atoms with van der Waals surface area (Å²) in [6.45, 7) is 0. The quantitative estimate of drug-likeness (QED) is 0.341. The molecule has 5 N–H and O–H groups in total. The molecule has 1 rings (SSSR count). The fourth-order valence-corrected chi connectivity index (χ4v) is 2.83. The van der Waals surface area contributed by atoms with E-state index in [4.69, 9.17) is 5.73 Å². The van der Waals surface area contributed by atoms with Crippen LogP contribution in [0.25, 0.3) is 0 Å². The molecule has 0 aliphatic carbocycles. The van der Waals surface area contributed by atoms with E-state index < -0.39 is 35.9 Å². The van der Waals surface area contributed by atoms with Gasteiger partial charge in [-0.05, 0) is 24.0 Å². The number of thioether (sulfide) groups is 1. The molecule has 0 heterocycles. The number of hydrogen-bond donors (Lipinski definition) is 5. The van der Waals surface area contributed by atoms with Crippen LogP contribution >= 0.6 is 24.4 Å². The van der Waals surface area contributed by atoms with Crippen molar-refractivity contribution in [3.05, 3.63) is 35.9 Å². The zero-order valence-electron chi connectivity index (χ0n) is 14.6. The molecule has 2 amide bonds. The van der Waals surface area contributed by atoms with Crippen LogP contribution in [0.4, 0.5) is 0 Å². The number of carbonyl (C=O) groups is 3. The van der Waals surface area contributed by atoms with Crippen LogP contribution in [0.3, 0.4) is 0 Å². The van der Waals surface area contributed by atoms with Crippen molar-refractivity contribution in [2.45, 2.75) is 31.0 Å². The van der Waals surface area contributed by atoms with E-state index in [2.05, 4.69) is 23.3 Å². The Morgan fingerprint density at radius 3 is 2.31 bits per heavy atom. The molecule has 0 saturated heterocycles. The molecule has 3 unspecified atom stereocenters. The van der Waals surface area contributed by atoms with E-state index in [1.165, 1.54) is 11.8 Å². The predicted octanol–water partition coefficient (Wildman–Crippen LogP) is 0.294. The maximum Gasteiger partial charge on any atom is 0.326 e. The highest BCUT2D eigenvalue weighted by Gasteiger charge is 2.27. The largest absolute Gasteiger partial charge is 0.480 e. The summed E-state index contributed by atoms with van der Waals surface area (Å²) in [7, 11) is 0. The van der Waals surface area contributed by atoms with Crippen molar-refractivity contribution < 1.29 is 19.5 Å². The lowest BCUT2D eigenvalue weighted by molar-refractivity contribution is -0.142. The van der Waals surface area contributed by atoms with Crippen LogP contribution in [0.5, 0.6) is 0 Å². The lowest BCUT2D eigenvalue weighted by Gasteiger charge is -2.22. The van der Waals surface area contributed by atoms with Gasteiger partial charge in [0.05, 0.1) is 6.04 Å². The molecule has 9 heteroatoms. The molecule has 1 aromatic carbocycles. The Kier molecular flexibility index (Phi) is 10.2. The van der Waals surface area contributed by atoms with Gasteiger partial charge in [-0.15, -0.1) is 0 Å². The zero-order chi connectivity index (χ0) is 19.5. The third-order valence-corrected chi connectivity index (χ3v) is 4.71. The van der Waals surface area contributed by atoms with E-state index in [1.807, 2.05) is 12.3 Å². The molecule has 0 aliphatic heterocycles. The van der Waals surface area contributed by atoms with E-state index in [1.54, 1.807) is 24.3 Å². The first kappa shape index (κ1) is 22.3. The highest BCUT2D eigenvalue weighted by Crippen LogP contribution is 2.06. The summed E-state index contributed by atoms with van der Waals surface area (Å²) in [5, 5.41) is 14.5. The molecule has 0 spiro atoms. The lowest BCUT2D eigenvalue weighted by atomic mass is 10.1. The molecule has 7 nitrogen and oxygen atoms in total. The molecule has 3 atom stereocenters. The van der Waals surface area contributed by atoms with Gasteiger partial charge in [0.15, 0.2) is 0 Å². The lowest BCUT2D eigenvalue weighted by Crippen LogP contribution is -2.55. The fourth-order valence-electron chi connectivity index (χ4n) is 2.19. The second kappa shape index (κ2) is 11.8. The summed E-state index contributed by atoms with van der Waals surface area (Å²) in [6, 6.07) is 6.25. The number of carbonyl (C=O) groups excluding carboxylic acids is 2. The number of aliphatic carboxylic acids is 1. The first-order valence-corrected chi connectivity index (χ1v) is 10.1. The Bertz CT molecular complexity index is 601. The number of nitrogens with one attached hydrogen (secondary N) is 2. The minimum atomic E-state index is -1.13. The van der Waals surface area contributed by atoms with Gasteiger partial charge in [-0.1, -0.05) is 30.3 Å². The molecule has 0 radical (unpaired) electrons. The van der Waals surface area contributed by atoms with Crippen molar-refractivity contribution in [3.8, 4) is 0 Å². The molecule has 0 fully saturated rings. The molecule has 144 valence electrons. The molecular weight excluding hydrogens is 374 g/mol. The number of carboxylic acids is 1. The summed E-state index contributed by atoms with van der Waals surface area (Å²) >= 11 is 5.49. The van der Waals surface area contributed by atoms with E-state index in [9.17, 15) is 19.5 Å². The minimum absolute atomic E-state index is 0.147. The summed E-state index contributed by atoms with van der Waals surface area (Å²) < 4.78 is 0. The van der Waals surface area contributed by atoms with Crippen molar-refractivity contribution in [3.63, 3.8) is 0 Å². The Hall–Kier alpha value is -1.71. The summed E-state index contributed by atoms with van der Waals surface area (Å²) in [4.78, 5) is 36.0. The molecular formula is C17H25N3O4S2. The zero-order valence-corrected chi connectivity index (χ0v) is 16.3. The molecule has 1 aromatic rings. The number of nitrogens with two attached hydrogens (primary N) is 1. The van der Waals surface area contributed by atoms with Crippen LogP contribution in [0.1, 0.15) is 12.0 Å². The molecule has 0 saturated carbocycles. The van der Waals surface area contributed by atoms with Gasteiger partial charge < -0.3 is 21.5 Å². The van der Waals surface area contributed by atoms with Crippen molar-refractivity contribution in [2.24, 2.45) is 5.73 Å². The molecule has 0 aromatic heterocycles. The van der Waals surface area contributed by atoms with E-state index in [0.29, 0.717) is 12.2 Å². The summed E-state index contributed by atoms with van der Waals surface area (Å²) in [5.74, 6) is -1.39. The Morgan fingerprint density at radius 2 is 1.77 bits per heavy atom. The molecule has 0 bridgehead atoms. The first-order valence-electron chi connectivity index (χ1n) is 8.11. The highest BCUT2D eigenvalue weighted by atomic mass is 32.2. The second-order valence-corrected chi connectivity index (χ2v) is 7.07. The number of benzene rings is 1. The fraction of sp³-hybridized carbons (Fsp3) is 0.471. The van der Waals surface area contributed by atoms with E-state index >= 15 is 0 Å². The van der Waals surface area contributed by atoms with Crippen LogP contribution < -0.4 is 16.4 Å². The Labute approximate surface area is 162 Å². The smallest absolute Gasteiger partial charge is 0.326 e. The van der Waals surface area contributed by atoms with Gasteiger partial charge in [-0.3, -0.25) is 9.59 Å². The van der Waals surface area contributed by atoms with Crippen molar-refractivity contribution in [1.82, 2.24) is 10.6 Å². The number of thiol groups is 1. The van der Waals surface area contributed by atoms with Gasteiger partial charge in [0.2, 0.25) is 11.8 Å². The average molecular weight is 400 g/mol. The average Bonchev–Trinajstić information content (AvgIpc) is 2.64. The standard InChI is InChI=1S/C17H25N3O4S2/c1-26-8-7-13(19-15(21)12(18)10-25)16(22)20-14(17(23)24)9-11-5-3-2-4-6-11/h2-6,12-14,25H,7-10,18H2,1H3,(H,19,21)(H,20,22)(H,23,24). The van der Waals surface area contributed by atoms with Gasteiger partial charge >= 0.3 is 5.97 Å². The van der Waals surface area contributed by atoms with Gasteiger partial charge in [0.1, 0.15) is 12.1 Å². The van der Waals surface area contributed by atoms with Crippen LogP contribution in [0, 0.1) is 0 Å². The Morgan fingerprint density at radius 1 is 1.15 bits per heavy atom. The van der Waals surface area contributed by atoms with E-state index in [-0.39, 0.29) is 12.2 Å². The van der Waals surface area contributed by atoms with Gasteiger partial charge in [0, 0.05) is 12.2 Å². The maximum atomic E-state index is 12.5. The van der Waals surface area contributed by atoms with E-state index in [0.717, 1.165) is 5.56 Å². The number of amides is 2. The van der Waals surface area contributed by atoms with Crippen molar-refractivity contribution >= 4 is 42.2 Å². The summed E-state index contributed by atoms with van der Waals surface area (Å²) in [5.41, 5.74) is 6.42. The maximum absolute atomic E-state index is 12.5. The number of carboxylic acid groups (broad SMARTS) is 1. The summed E-state index contributed by atoms with van der Waals surface area (Å²) in [6.07, 6.45) is 2.41. The molecule has 26 heavy (non-hydrogen) atoms. The topological polar surface area (TPSA) is 122 Å². The third-order valence-electron chi connectivity index (χ3n) is 3.67. The Balaban J connectivity index is 2.79. The van der Waals surface area contributed by atoms with Gasteiger partial charge in [0.25, 0.3) is 0 Å². The second-order valence-electron chi connectivity index (χ2n) is 5.72. The van der Waals surface area contributed by atoms with Gasteiger partial charge in [-0.25, -0.2) is 4.79 Å². The van der Waals surface area contributed by atoms with Crippen molar-refractivity contribution in [2.75, 3.05) is 17.8 Å². The third kappa shape index (κ3) is 7.67. The normalized spacial score (nSPS) is 14.1. The van der Waals surface area contributed by atoms with Crippen LogP contribution in [0.2, 0.25) is 0 Å². The van der Waals surface area contributed by atoms with Crippen LogP contribution in [0.15, 0.2) is 30.3 Å². The van der Waals surface area contributed by atoms with Gasteiger partial charge in [-0.2, -0.15) is 24.4 Å².